The predicted molar refractivity (Wildman–Crippen MR) is 71.5 cm³/mol. The Morgan fingerprint density at radius 1 is 1.44 bits per heavy atom. The summed E-state index contributed by atoms with van der Waals surface area (Å²) in [5, 5.41) is 3.13. The Bertz CT molecular complexity index is 398. The van der Waals surface area contributed by atoms with Gasteiger partial charge in [0.05, 0.1) is 25.3 Å². The molecule has 18 heavy (non-hydrogen) atoms. The zero-order valence-corrected chi connectivity index (χ0v) is 11.9. The number of nitrogens with zero attached hydrogens (tertiary/aromatic N) is 1. The fourth-order valence-electron chi connectivity index (χ4n) is 2.47. The van der Waals surface area contributed by atoms with Gasteiger partial charge in [-0.05, 0) is 39.4 Å². The SMILES string of the molecule is CNCc1oc(CN2CCOC(C)(C)C2)cc1C. The maximum Gasteiger partial charge on any atom is 0.120 e. The van der Waals surface area contributed by atoms with Gasteiger partial charge in [-0.1, -0.05) is 0 Å². The molecule has 1 N–H and O–H groups in total. The first kappa shape index (κ1) is 13.6. The molecule has 102 valence electrons. The number of ether oxygens (including phenoxy) is 1. The molecule has 1 aliphatic heterocycles. The molecule has 0 spiro atoms. The van der Waals surface area contributed by atoms with Crippen molar-refractivity contribution in [3.63, 3.8) is 0 Å². The second kappa shape index (κ2) is 5.43. The van der Waals surface area contributed by atoms with Gasteiger partial charge in [0.15, 0.2) is 0 Å². The van der Waals surface area contributed by atoms with Gasteiger partial charge in [0.25, 0.3) is 0 Å². The first-order valence-corrected chi connectivity index (χ1v) is 6.59. The third kappa shape index (κ3) is 3.34. The maximum atomic E-state index is 5.88. The summed E-state index contributed by atoms with van der Waals surface area (Å²) in [5.74, 6) is 2.09. The number of rotatable bonds is 4. The van der Waals surface area contributed by atoms with Gasteiger partial charge in [0, 0.05) is 13.1 Å². The smallest absolute Gasteiger partial charge is 0.120 e. The molecule has 1 aromatic heterocycles. The first-order chi connectivity index (χ1) is 8.50. The van der Waals surface area contributed by atoms with Crippen molar-refractivity contribution >= 4 is 0 Å². The molecular formula is C14H24N2O2. The van der Waals surface area contributed by atoms with Crippen molar-refractivity contribution in [1.29, 1.82) is 0 Å². The van der Waals surface area contributed by atoms with Crippen molar-refractivity contribution in [2.75, 3.05) is 26.7 Å². The van der Waals surface area contributed by atoms with Crippen LogP contribution in [-0.2, 0) is 17.8 Å². The Hall–Kier alpha value is -0.840. The normalized spacial score (nSPS) is 20.2. The van der Waals surface area contributed by atoms with E-state index in [9.17, 15) is 0 Å². The Balaban J connectivity index is 1.98. The second-order valence-electron chi connectivity index (χ2n) is 5.67. The summed E-state index contributed by atoms with van der Waals surface area (Å²) in [7, 11) is 1.94. The molecule has 2 rings (SSSR count). The van der Waals surface area contributed by atoms with E-state index < -0.39 is 0 Å². The lowest BCUT2D eigenvalue weighted by atomic mass is 10.1. The van der Waals surface area contributed by atoms with Crippen LogP contribution in [0.2, 0.25) is 0 Å². The molecule has 4 heteroatoms. The van der Waals surface area contributed by atoms with Gasteiger partial charge in [-0.25, -0.2) is 0 Å². The molecule has 1 fully saturated rings. The van der Waals surface area contributed by atoms with E-state index in [0.717, 1.165) is 44.3 Å². The van der Waals surface area contributed by atoms with E-state index in [0.29, 0.717) is 0 Å². The third-order valence-corrected chi connectivity index (χ3v) is 3.29. The summed E-state index contributed by atoms with van der Waals surface area (Å²) in [4.78, 5) is 2.39. The molecule has 0 aliphatic carbocycles. The van der Waals surface area contributed by atoms with Crippen LogP contribution in [0.15, 0.2) is 10.5 Å². The van der Waals surface area contributed by atoms with Crippen molar-refractivity contribution in [3.05, 3.63) is 23.2 Å². The Kier molecular flexibility index (Phi) is 4.10. The van der Waals surface area contributed by atoms with Gasteiger partial charge in [-0.3, -0.25) is 4.90 Å². The zero-order chi connectivity index (χ0) is 13.2. The molecule has 0 atom stereocenters. The van der Waals surface area contributed by atoms with Gasteiger partial charge in [-0.15, -0.1) is 0 Å². The molecule has 0 aromatic carbocycles. The summed E-state index contributed by atoms with van der Waals surface area (Å²) in [6.07, 6.45) is 0. The lowest BCUT2D eigenvalue weighted by Gasteiger charge is -2.37. The summed E-state index contributed by atoms with van der Waals surface area (Å²) < 4.78 is 11.6. The molecule has 1 saturated heterocycles. The minimum absolute atomic E-state index is 0.0479. The largest absolute Gasteiger partial charge is 0.463 e. The molecule has 1 aliphatic rings. The average molecular weight is 252 g/mol. The Morgan fingerprint density at radius 2 is 2.22 bits per heavy atom. The molecule has 0 saturated carbocycles. The van der Waals surface area contributed by atoms with E-state index in [1.165, 1.54) is 5.56 Å². The van der Waals surface area contributed by atoms with E-state index >= 15 is 0 Å². The van der Waals surface area contributed by atoms with Crippen LogP contribution in [0.3, 0.4) is 0 Å². The molecule has 4 nitrogen and oxygen atoms in total. The quantitative estimate of drug-likeness (QED) is 0.888. The van der Waals surface area contributed by atoms with Crippen LogP contribution in [0.5, 0.6) is 0 Å². The molecule has 1 aromatic rings. The zero-order valence-electron chi connectivity index (χ0n) is 11.9. The van der Waals surface area contributed by atoms with Crippen molar-refractivity contribution < 1.29 is 9.15 Å². The molecule has 0 amide bonds. The maximum absolute atomic E-state index is 5.88. The van der Waals surface area contributed by atoms with Crippen molar-refractivity contribution in [3.8, 4) is 0 Å². The molecule has 0 bridgehead atoms. The second-order valence-corrected chi connectivity index (χ2v) is 5.67. The number of furan rings is 1. The van der Waals surface area contributed by atoms with Gasteiger partial charge in [0.2, 0.25) is 0 Å². The minimum Gasteiger partial charge on any atom is -0.463 e. The number of hydrogen-bond acceptors (Lipinski definition) is 4. The lowest BCUT2D eigenvalue weighted by molar-refractivity contribution is -0.0894. The Labute approximate surface area is 109 Å². The van der Waals surface area contributed by atoms with Crippen molar-refractivity contribution in [2.24, 2.45) is 0 Å². The van der Waals surface area contributed by atoms with Crippen molar-refractivity contribution in [1.82, 2.24) is 10.2 Å². The Morgan fingerprint density at radius 3 is 2.89 bits per heavy atom. The van der Waals surface area contributed by atoms with Gasteiger partial charge >= 0.3 is 0 Å². The highest BCUT2D eigenvalue weighted by molar-refractivity contribution is 5.20. The summed E-state index contributed by atoms with van der Waals surface area (Å²) >= 11 is 0. The highest BCUT2D eigenvalue weighted by Crippen LogP contribution is 2.21. The fraction of sp³-hybridized carbons (Fsp3) is 0.714. The van der Waals surface area contributed by atoms with Crippen LogP contribution >= 0.6 is 0 Å². The highest BCUT2D eigenvalue weighted by Gasteiger charge is 2.27. The van der Waals surface area contributed by atoms with Crippen molar-refractivity contribution in [2.45, 2.75) is 39.5 Å². The minimum atomic E-state index is -0.0479. The van der Waals surface area contributed by atoms with Gasteiger partial charge in [-0.2, -0.15) is 0 Å². The van der Waals surface area contributed by atoms with Gasteiger partial charge < -0.3 is 14.5 Å². The standard InChI is InChI=1S/C14H24N2O2/c1-11-7-12(18-13(11)8-15-4)9-16-5-6-17-14(2,3)10-16/h7,15H,5-6,8-10H2,1-4H3. The highest BCUT2D eigenvalue weighted by atomic mass is 16.5. The van der Waals surface area contributed by atoms with E-state index in [-0.39, 0.29) is 5.60 Å². The summed E-state index contributed by atoms with van der Waals surface area (Å²) in [6, 6.07) is 2.15. The topological polar surface area (TPSA) is 37.6 Å². The third-order valence-electron chi connectivity index (χ3n) is 3.29. The summed E-state index contributed by atoms with van der Waals surface area (Å²) in [5.41, 5.74) is 1.18. The molecule has 0 radical (unpaired) electrons. The number of hydrogen-bond donors (Lipinski definition) is 1. The number of aryl methyl sites for hydroxylation is 1. The van der Waals surface area contributed by atoms with Crippen LogP contribution in [0.4, 0.5) is 0 Å². The van der Waals surface area contributed by atoms with Crippen LogP contribution in [0.1, 0.15) is 30.9 Å². The van der Waals surface area contributed by atoms with Crippen LogP contribution in [0.25, 0.3) is 0 Å². The first-order valence-electron chi connectivity index (χ1n) is 6.59. The number of morpholine rings is 1. The molecular weight excluding hydrogens is 228 g/mol. The van der Waals surface area contributed by atoms with Gasteiger partial charge in [0.1, 0.15) is 11.5 Å². The van der Waals surface area contributed by atoms with E-state index in [1.54, 1.807) is 0 Å². The fourth-order valence-corrected chi connectivity index (χ4v) is 2.47. The summed E-state index contributed by atoms with van der Waals surface area (Å²) in [6.45, 7) is 10.8. The van der Waals surface area contributed by atoms with Crippen LogP contribution < -0.4 is 5.32 Å². The lowest BCUT2D eigenvalue weighted by Crippen LogP contribution is -2.47. The molecule has 2 heterocycles. The average Bonchev–Trinajstić information content (AvgIpc) is 2.58. The monoisotopic (exact) mass is 252 g/mol. The van der Waals surface area contributed by atoms with E-state index in [2.05, 4.69) is 37.1 Å². The van der Waals surface area contributed by atoms with Crippen LogP contribution in [0, 0.1) is 6.92 Å². The van der Waals surface area contributed by atoms with E-state index in [1.807, 2.05) is 7.05 Å². The number of nitrogens with one attached hydrogen (secondary N) is 1. The molecule has 0 unspecified atom stereocenters. The predicted octanol–water partition coefficient (Wildman–Crippen LogP) is 1.92. The van der Waals surface area contributed by atoms with E-state index in [4.69, 9.17) is 9.15 Å². The van der Waals surface area contributed by atoms with Crippen LogP contribution in [-0.4, -0.2) is 37.2 Å².